The molecule has 7 aromatic rings. The van der Waals surface area contributed by atoms with Crippen molar-refractivity contribution >= 4 is 27.7 Å². The highest BCUT2D eigenvalue weighted by molar-refractivity contribution is 6.04. The van der Waals surface area contributed by atoms with Crippen molar-refractivity contribution in [1.82, 2.24) is 38.2 Å². The number of carbonyl (C=O) groups excluding carboxylic acids is 1. The minimum absolute atomic E-state index is 0.0558. The summed E-state index contributed by atoms with van der Waals surface area (Å²) < 4.78 is 45.1. The third-order valence-corrected chi connectivity index (χ3v) is 14.0. The first-order valence-corrected chi connectivity index (χ1v) is 21.3. The zero-order valence-electron chi connectivity index (χ0n) is 36.3. The van der Waals surface area contributed by atoms with Crippen LogP contribution in [-0.4, -0.2) is 62.8 Å². The van der Waals surface area contributed by atoms with E-state index in [4.69, 9.17) is 9.84 Å². The number of hydrogen-bond donors (Lipinski definition) is 0. The molecular weight excluding hydrogens is 789 g/mol. The molecule has 14 heteroatoms. The molecular formula is C48H49F2N9O3. The van der Waals surface area contributed by atoms with Crippen LogP contribution >= 0.6 is 0 Å². The van der Waals surface area contributed by atoms with Gasteiger partial charge in [-0.1, -0.05) is 19.1 Å². The van der Waals surface area contributed by atoms with Crippen LogP contribution < -0.4 is 5.69 Å². The highest BCUT2D eigenvalue weighted by Crippen LogP contribution is 2.57. The normalized spacial score (nSPS) is 22.0. The smallest absolute Gasteiger partial charge is 0.338 e. The number of rotatable bonds is 6. The van der Waals surface area contributed by atoms with Gasteiger partial charge < -0.3 is 14.2 Å². The molecule has 0 N–H and O–H groups in total. The predicted molar refractivity (Wildman–Crippen MR) is 231 cm³/mol. The van der Waals surface area contributed by atoms with Crippen LogP contribution in [0.1, 0.15) is 103 Å². The molecule has 10 rings (SSSR count). The number of ether oxygens (including phenoxy) is 1. The summed E-state index contributed by atoms with van der Waals surface area (Å²) in [5.41, 5.74) is 5.06. The van der Waals surface area contributed by atoms with Gasteiger partial charge in [-0.3, -0.25) is 18.6 Å². The molecule has 1 saturated heterocycles. The standard InChI is InChI=1S/C48H49F2N9O3/c1-26-19-32(20-27(2)41(26)49)59-44(58-17-16-57(46(58)61)37-12-11-36-34(42(37)50)24-52-55(36)8)39-29(4)56(15-13-35(39)53-59)45(60)43-40(48(25-51)22-28(48)3)33-10-9-30(21-38(33)54(43)7)31-14-18-62-47(5,6)23-31/h9-12,16-17,19-21,24,28-29,31H,13-15,18,22-23H2,1-8H3/t28-,29-,31?,48?/m0/s1. The number of nitrogens with zero attached hydrogens (tertiary/aromatic N) is 9. The largest absolute Gasteiger partial charge is 0.376 e. The van der Waals surface area contributed by atoms with Gasteiger partial charge in [-0.15, -0.1) is 0 Å². The van der Waals surface area contributed by atoms with E-state index in [1.807, 2.05) is 23.4 Å². The monoisotopic (exact) mass is 837 g/mol. The number of benzene rings is 3. The van der Waals surface area contributed by atoms with Crippen LogP contribution in [-0.2, 0) is 30.7 Å². The lowest BCUT2D eigenvalue weighted by Crippen LogP contribution is -2.40. The number of fused-ring (bicyclic) bond motifs is 3. The summed E-state index contributed by atoms with van der Waals surface area (Å²) in [6, 6.07) is 15.1. The van der Waals surface area contributed by atoms with Gasteiger partial charge in [-0.25, -0.2) is 18.3 Å². The number of aryl methyl sites for hydroxylation is 4. The number of aromatic nitrogens is 7. The summed E-state index contributed by atoms with van der Waals surface area (Å²) in [6.45, 7) is 12.6. The fraction of sp³-hybridized carbons (Fsp3) is 0.396. The molecule has 1 aliphatic carbocycles. The quantitative estimate of drug-likeness (QED) is 0.166. The summed E-state index contributed by atoms with van der Waals surface area (Å²) in [5, 5.41) is 21.2. The van der Waals surface area contributed by atoms with Crippen LogP contribution in [0.25, 0.3) is 39.0 Å². The van der Waals surface area contributed by atoms with Crippen molar-refractivity contribution in [3.05, 3.63) is 122 Å². The fourth-order valence-electron chi connectivity index (χ4n) is 10.5. The number of nitriles is 1. The van der Waals surface area contributed by atoms with Crippen LogP contribution in [0.15, 0.2) is 65.8 Å². The molecule has 12 nitrogen and oxygen atoms in total. The Bertz CT molecular complexity index is 3120. The predicted octanol–water partition coefficient (Wildman–Crippen LogP) is 8.32. The molecule has 3 aromatic carbocycles. The lowest BCUT2D eigenvalue weighted by molar-refractivity contribution is -0.0592. The second-order valence-corrected chi connectivity index (χ2v) is 18.4. The van der Waals surface area contributed by atoms with Crippen molar-refractivity contribution < 1.29 is 18.3 Å². The molecule has 4 aromatic heterocycles. The zero-order chi connectivity index (χ0) is 43.7. The first-order chi connectivity index (χ1) is 29.5. The molecule has 3 aliphatic rings. The Morgan fingerprint density at radius 3 is 2.37 bits per heavy atom. The molecule has 318 valence electrons. The van der Waals surface area contributed by atoms with E-state index in [0.29, 0.717) is 77.0 Å². The van der Waals surface area contributed by atoms with Gasteiger partial charge in [0.15, 0.2) is 5.82 Å². The summed E-state index contributed by atoms with van der Waals surface area (Å²) in [4.78, 5) is 31.9. The van der Waals surface area contributed by atoms with Gasteiger partial charge in [-0.05, 0) is 113 Å². The number of imidazole rings is 1. The van der Waals surface area contributed by atoms with Gasteiger partial charge in [0.1, 0.15) is 17.3 Å². The van der Waals surface area contributed by atoms with Gasteiger partial charge in [0.2, 0.25) is 0 Å². The highest BCUT2D eigenvalue weighted by atomic mass is 19.1. The summed E-state index contributed by atoms with van der Waals surface area (Å²) in [7, 11) is 3.64. The van der Waals surface area contributed by atoms with Crippen molar-refractivity contribution in [2.24, 2.45) is 20.0 Å². The van der Waals surface area contributed by atoms with Crippen molar-refractivity contribution in [2.45, 2.75) is 90.2 Å². The van der Waals surface area contributed by atoms with Crippen molar-refractivity contribution in [1.29, 1.82) is 5.26 Å². The summed E-state index contributed by atoms with van der Waals surface area (Å²) in [5.74, 6) is -0.413. The van der Waals surface area contributed by atoms with Crippen LogP contribution in [0.2, 0.25) is 0 Å². The minimum atomic E-state index is -0.810. The molecule has 2 aliphatic heterocycles. The van der Waals surface area contributed by atoms with E-state index in [0.717, 1.165) is 29.3 Å². The second kappa shape index (κ2) is 13.8. The molecule has 0 bridgehead atoms. The summed E-state index contributed by atoms with van der Waals surface area (Å²) >= 11 is 0. The Labute approximate surface area is 357 Å². The Morgan fingerprint density at radius 2 is 1.68 bits per heavy atom. The second-order valence-electron chi connectivity index (χ2n) is 18.4. The van der Waals surface area contributed by atoms with E-state index in [2.05, 4.69) is 50.1 Å². The van der Waals surface area contributed by atoms with Crippen LogP contribution in [0.5, 0.6) is 0 Å². The van der Waals surface area contributed by atoms with Gasteiger partial charge in [0, 0.05) is 68.1 Å². The minimum Gasteiger partial charge on any atom is -0.376 e. The van der Waals surface area contributed by atoms with Gasteiger partial charge in [0.25, 0.3) is 5.91 Å². The molecule has 2 fully saturated rings. The van der Waals surface area contributed by atoms with E-state index >= 15 is 13.6 Å². The molecule has 6 heterocycles. The number of halogens is 2. The van der Waals surface area contributed by atoms with E-state index in [1.165, 1.54) is 27.1 Å². The Kier molecular flexibility index (Phi) is 8.88. The molecule has 62 heavy (non-hydrogen) atoms. The van der Waals surface area contributed by atoms with Crippen molar-refractivity contribution in [2.75, 3.05) is 13.2 Å². The van der Waals surface area contributed by atoms with Crippen molar-refractivity contribution in [3.63, 3.8) is 0 Å². The average Bonchev–Trinajstić information content (AvgIpc) is 3.63. The zero-order valence-corrected chi connectivity index (χ0v) is 36.3. The molecule has 0 radical (unpaired) electrons. The first kappa shape index (κ1) is 39.8. The van der Waals surface area contributed by atoms with Gasteiger partial charge in [0.05, 0.1) is 57.3 Å². The maximum atomic E-state index is 16.1. The number of carbonyl (C=O) groups is 1. The van der Waals surface area contributed by atoms with Crippen LogP contribution in [0.3, 0.4) is 0 Å². The van der Waals surface area contributed by atoms with E-state index in [9.17, 15) is 10.1 Å². The maximum Gasteiger partial charge on any atom is 0.338 e. The first-order valence-electron chi connectivity index (χ1n) is 21.3. The number of hydrogen-bond acceptors (Lipinski definition) is 6. The van der Waals surface area contributed by atoms with E-state index in [-0.39, 0.29) is 34.3 Å². The highest BCUT2D eigenvalue weighted by Gasteiger charge is 2.57. The van der Waals surface area contributed by atoms with Gasteiger partial charge >= 0.3 is 5.69 Å². The average molecular weight is 838 g/mol. The molecule has 1 amide bonds. The Hall–Kier alpha value is -6.33. The SMILES string of the molecule is Cc1cc(-n2nc3c(c2-n2ccn(-c4ccc5c(cnn5C)c4F)c2=O)[C@H](C)N(C(=O)c2c(C4(C#N)C[C@@H]4C)c4ccc(C5CCOC(C)(C)C5)cc4n2C)CC3)cc(C)c1F. The van der Waals surface area contributed by atoms with E-state index < -0.39 is 23.0 Å². The molecule has 1 saturated carbocycles. The summed E-state index contributed by atoms with van der Waals surface area (Å²) in [6.07, 6.45) is 7.32. The topological polar surface area (TPSA) is 121 Å². The number of amides is 1. The molecule has 0 spiro atoms. The van der Waals surface area contributed by atoms with E-state index in [1.54, 1.807) is 60.7 Å². The Morgan fingerprint density at radius 1 is 0.952 bits per heavy atom. The van der Waals surface area contributed by atoms with Crippen LogP contribution in [0.4, 0.5) is 8.78 Å². The Balaban J connectivity index is 1.12. The maximum absolute atomic E-state index is 16.1. The third kappa shape index (κ3) is 5.77. The molecule has 4 atom stereocenters. The van der Waals surface area contributed by atoms with Gasteiger partial charge in [-0.2, -0.15) is 15.5 Å². The molecule has 2 unspecified atom stereocenters. The van der Waals surface area contributed by atoms with Crippen LogP contribution in [0, 0.1) is 42.7 Å². The lowest BCUT2D eigenvalue weighted by atomic mass is 9.83. The fourth-order valence-corrected chi connectivity index (χ4v) is 10.5. The lowest BCUT2D eigenvalue weighted by Gasteiger charge is -2.35. The van der Waals surface area contributed by atoms with Crippen molar-refractivity contribution in [3.8, 4) is 23.3 Å². The third-order valence-electron chi connectivity index (χ3n) is 14.0.